The maximum Gasteiger partial charge on any atom is 0.287 e. The van der Waals surface area contributed by atoms with Gasteiger partial charge < -0.3 is 10.2 Å². The fraction of sp³-hybridized carbons (Fsp3) is 0.500. The minimum atomic E-state index is -4.32. The molecule has 1 amide bonds. The van der Waals surface area contributed by atoms with Crippen molar-refractivity contribution in [3.63, 3.8) is 0 Å². The lowest BCUT2D eigenvalue weighted by Crippen LogP contribution is -2.61. The fourth-order valence-corrected chi connectivity index (χ4v) is 11.9. The number of likely N-dealkylation sites (tertiary alicyclic amines) is 1. The van der Waals surface area contributed by atoms with E-state index >= 15 is 0 Å². The molecule has 9 atom stereocenters. The summed E-state index contributed by atoms with van der Waals surface area (Å²) in [5.41, 5.74) is 0.964. The van der Waals surface area contributed by atoms with Crippen molar-refractivity contribution in [3.05, 3.63) is 46.6 Å². The molecule has 7 aliphatic rings. The summed E-state index contributed by atoms with van der Waals surface area (Å²) in [6, 6.07) is 5.69. The number of nitrogens with zero attached hydrogens (tertiary/aromatic N) is 2. The number of fused-ring (bicyclic) bond motifs is 2. The number of Topliss-reactive ketones (excluding diaryl/α,β-unsaturated/α-hetero) is 1. The topological polar surface area (TPSA) is 142 Å². The Morgan fingerprint density at radius 3 is 2.52 bits per heavy atom. The highest BCUT2D eigenvalue weighted by Crippen LogP contribution is 2.83. The maximum absolute atomic E-state index is 14.1. The zero-order valence-electron chi connectivity index (χ0n) is 21.2. The van der Waals surface area contributed by atoms with Crippen LogP contribution in [0, 0.1) is 53.2 Å². The molecule has 0 radical (unpaired) electrons. The van der Waals surface area contributed by atoms with Crippen LogP contribution in [0.15, 0.2) is 38.9 Å². The number of hydrogen-bond acceptors (Lipinski definition) is 8. The number of benzene rings is 1. The Hall–Kier alpha value is -2.68. The molecule has 9 rings (SSSR count). The third-order valence-corrected chi connectivity index (χ3v) is 13.2. The Kier molecular flexibility index (Phi) is 5.00. The Morgan fingerprint density at radius 2 is 1.82 bits per heavy atom. The van der Waals surface area contributed by atoms with Crippen molar-refractivity contribution in [1.29, 1.82) is 0 Å². The van der Waals surface area contributed by atoms with Gasteiger partial charge in [0, 0.05) is 30.6 Å². The first-order chi connectivity index (χ1) is 18.9. The highest BCUT2D eigenvalue weighted by atomic mass is 32.2. The SMILES string of the molecule is CS(=O)(=O)NCc1csc2c1S(=O)(=O)N=C(C1C(=O)[C@@H]3C4C5CC6C4C6C5[C@@H]3N(Cc3ccc(F)cc3)C1=O)N2. The molecule has 7 unspecified atom stereocenters. The van der Waals surface area contributed by atoms with E-state index in [0.29, 0.717) is 23.7 Å². The Balaban J connectivity index is 1.17. The normalized spacial score (nSPS) is 37.7. The van der Waals surface area contributed by atoms with E-state index in [1.54, 1.807) is 17.0 Å². The van der Waals surface area contributed by atoms with Gasteiger partial charge in [-0.05, 0) is 65.0 Å². The number of piperidine rings is 1. The van der Waals surface area contributed by atoms with Crippen LogP contribution in [0.5, 0.6) is 0 Å². The molecule has 1 saturated heterocycles. The summed E-state index contributed by atoms with van der Waals surface area (Å²) >= 11 is 1.05. The van der Waals surface area contributed by atoms with Gasteiger partial charge in [0.25, 0.3) is 10.0 Å². The van der Waals surface area contributed by atoms with Crippen molar-refractivity contribution in [3.8, 4) is 0 Å². The van der Waals surface area contributed by atoms with Crippen molar-refractivity contribution < 1.29 is 30.8 Å². The van der Waals surface area contributed by atoms with Crippen LogP contribution in [0.4, 0.5) is 9.39 Å². The number of ketones is 1. The van der Waals surface area contributed by atoms with Crippen LogP contribution in [-0.2, 0) is 42.7 Å². The quantitative estimate of drug-likeness (QED) is 0.479. The van der Waals surface area contributed by atoms with E-state index in [1.807, 2.05) is 0 Å². The number of hydrogen-bond donors (Lipinski definition) is 2. The number of sulfonamides is 2. The summed E-state index contributed by atoms with van der Waals surface area (Å²) in [5, 5.41) is 4.67. The molecule has 10 nitrogen and oxygen atoms in total. The van der Waals surface area contributed by atoms with Crippen LogP contribution in [0.2, 0.25) is 0 Å². The Labute approximate surface area is 234 Å². The van der Waals surface area contributed by atoms with E-state index in [2.05, 4.69) is 14.4 Å². The third-order valence-electron chi connectivity index (χ3n) is 9.99. The second-order valence-corrected chi connectivity index (χ2v) is 16.2. The smallest absolute Gasteiger partial charge is 0.287 e. The molecule has 0 spiro atoms. The summed E-state index contributed by atoms with van der Waals surface area (Å²) in [6.45, 7) is -0.0330. The van der Waals surface area contributed by atoms with Crippen molar-refractivity contribution >= 4 is 53.9 Å². The van der Waals surface area contributed by atoms with Crippen LogP contribution in [0.25, 0.3) is 0 Å². The molecular formula is C26H25FN4O6S3. The summed E-state index contributed by atoms with van der Waals surface area (Å²) < 4.78 is 69.7. The van der Waals surface area contributed by atoms with Gasteiger partial charge in [-0.3, -0.25) is 9.59 Å². The molecule has 2 aromatic rings. The highest BCUT2D eigenvalue weighted by molar-refractivity contribution is 7.91. The number of rotatable bonds is 6. The van der Waals surface area contributed by atoms with Gasteiger partial charge in [0.05, 0.1) is 6.26 Å². The molecular weight excluding hydrogens is 580 g/mol. The van der Waals surface area contributed by atoms with Crippen LogP contribution in [0.3, 0.4) is 0 Å². The number of amidine groups is 1. The van der Waals surface area contributed by atoms with E-state index in [-0.39, 0.29) is 69.8 Å². The van der Waals surface area contributed by atoms with Crippen molar-refractivity contribution in [1.82, 2.24) is 9.62 Å². The van der Waals surface area contributed by atoms with E-state index in [9.17, 15) is 30.8 Å². The predicted molar refractivity (Wildman–Crippen MR) is 143 cm³/mol. The first-order valence-corrected chi connectivity index (χ1v) is 17.4. The van der Waals surface area contributed by atoms with Crippen molar-refractivity contribution in [2.24, 2.45) is 51.7 Å². The lowest BCUT2D eigenvalue weighted by Gasteiger charge is -2.45. The van der Waals surface area contributed by atoms with Gasteiger partial charge in [-0.25, -0.2) is 17.5 Å². The molecule has 5 saturated carbocycles. The van der Waals surface area contributed by atoms with Gasteiger partial charge in [0.2, 0.25) is 15.9 Å². The van der Waals surface area contributed by atoms with Crippen molar-refractivity contribution in [2.45, 2.75) is 30.4 Å². The summed E-state index contributed by atoms with van der Waals surface area (Å²) in [4.78, 5) is 29.9. The Bertz CT molecular complexity index is 1750. The first kappa shape index (κ1) is 25.1. The largest absolute Gasteiger partial charge is 0.333 e. The molecule has 1 aromatic carbocycles. The number of halogens is 1. The second kappa shape index (κ2) is 7.99. The van der Waals surface area contributed by atoms with Crippen LogP contribution < -0.4 is 10.0 Å². The molecule has 6 fully saturated rings. The minimum Gasteiger partial charge on any atom is -0.333 e. The van der Waals surface area contributed by atoms with Gasteiger partial charge in [-0.1, -0.05) is 12.1 Å². The number of anilines is 1. The van der Waals surface area contributed by atoms with Crippen LogP contribution in [0.1, 0.15) is 17.5 Å². The average molecular weight is 605 g/mol. The monoisotopic (exact) mass is 604 g/mol. The molecule has 5 aliphatic carbocycles. The van der Waals surface area contributed by atoms with E-state index < -0.39 is 31.9 Å². The third kappa shape index (κ3) is 3.36. The van der Waals surface area contributed by atoms with Gasteiger partial charge in [0.1, 0.15) is 21.5 Å². The number of thiophene rings is 1. The number of amides is 1. The van der Waals surface area contributed by atoms with Gasteiger partial charge >= 0.3 is 0 Å². The first-order valence-electron chi connectivity index (χ1n) is 13.2. The minimum absolute atomic E-state index is 0.157. The van der Waals surface area contributed by atoms with Crippen LogP contribution in [-0.4, -0.2) is 51.6 Å². The Morgan fingerprint density at radius 1 is 1.12 bits per heavy atom. The summed E-state index contributed by atoms with van der Waals surface area (Å²) in [7, 11) is -7.89. The highest BCUT2D eigenvalue weighted by Gasteiger charge is 2.83. The number of carbonyl (C=O) groups excluding carboxylic acids is 2. The average Bonchev–Trinajstić information content (AvgIpc) is 3.37. The predicted octanol–water partition coefficient (Wildman–Crippen LogP) is 1.80. The van der Waals surface area contributed by atoms with Crippen LogP contribution >= 0.6 is 11.3 Å². The standard InChI is InChI=1S/C26H25FN4O6S3/c1-39(34,35)28-7-11-9-38-25-23(11)40(36,37)30-24(29-25)20-22(32)19-17-14-6-13-15(17)16(13)18(14)21(19)31(26(20)33)8-10-2-4-12(27)5-3-10/h2-5,9,13-21,28H,6-8H2,1H3,(H,29,30)/t13?,14?,15?,16?,17?,18?,19-,20?,21+/m1/s1. The molecule has 40 heavy (non-hydrogen) atoms. The van der Waals surface area contributed by atoms with E-state index in [1.165, 1.54) is 17.5 Å². The number of nitrogens with one attached hydrogen (secondary N) is 2. The molecule has 3 heterocycles. The van der Waals surface area contributed by atoms with E-state index in [4.69, 9.17) is 0 Å². The number of carbonyl (C=O) groups is 2. The van der Waals surface area contributed by atoms with E-state index in [0.717, 1.165) is 29.6 Å². The van der Waals surface area contributed by atoms with Crippen molar-refractivity contribution in [2.75, 3.05) is 11.6 Å². The zero-order valence-corrected chi connectivity index (χ0v) is 23.6. The summed E-state index contributed by atoms with van der Waals surface area (Å²) in [5.74, 6) is -0.542. The second-order valence-electron chi connectivity index (χ2n) is 11.9. The lowest BCUT2D eigenvalue weighted by atomic mass is 9.73. The molecule has 1 aromatic heterocycles. The molecule has 6 bridgehead atoms. The lowest BCUT2D eigenvalue weighted by molar-refractivity contribution is -0.153. The molecule has 2 aliphatic heterocycles. The molecule has 14 heteroatoms. The maximum atomic E-state index is 14.1. The zero-order chi connectivity index (χ0) is 27.9. The molecule has 2 N–H and O–H groups in total. The molecule has 210 valence electrons. The fourth-order valence-electron chi connectivity index (χ4n) is 8.87. The summed E-state index contributed by atoms with van der Waals surface area (Å²) in [6.07, 6.45) is 2.06. The van der Waals surface area contributed by atoms with Gasteiger partial charge in [-0.2, -0.15) is 8.42 Å². The van der Waals surface area contributed by atoms with Gasteiger partial charge in [0.15, 0.2) is 11.7 Å². The van der Waals surface area contributed by atoms with Gasteiger partial charge in [-0.15, -0.1) is 15.7 Å².